The number of aryl methyl sites for hydroxylation is 1. The van der Waals surface area contributed by atoms with Gasteiger partial charge >= 0.3 is 0 Å². The van der Waals surface area contributed by atoms with Gasteiger partial charge in [0.25, 0.3) is 0 Å². The van der Waals surface area contributed by atoms with Crippen LogP contribution in [0.5, 0.6) is 0 Å². The maximum Gasteiger partial charge on any atom is 0.193 e. The molecule has 0 saturated carbocycles. The molecule has 2 aliphatic heterocycles. The highest BCUT2D eigenvalue weighted by Crippen LogP contribution is 2.34. The van der Waals surface area contributed by atoms with Gasteiger partial charge in [-0.3, -0.25) is 9.67 Å². The molecule has 2 saturated heterocycles. The van der Waals surface area contributed by atoms with Gasteiger partial charge in [0, 0.05) is 57.6 Å². The van der Waals surface area contributed by atoms with Gasteiger partial charge in [-0.05, 0) is 30.5 Å². The van der Waals surface area contributed by atoms with Crippen LogP contribution in [0, 0.1) is 5.82 Å². The maximum atomic E-state index is 13.5. The van der Waals surface area contributed by atoms with Gasteiger partial charge in [0.05, 0.1) is 19.3 Å². The van der Waals surface area contributed by atoms with E-state index in [1.807, 2.05) is 38.6 Å². The number of halogens is 2. The lowest BCUT2D eigenvalue weighted by Crippen LogP contribution is -2.52. The van der Waals surface area contributed by atoms with E-state index in [1.54, 1.807) is 16.8 Å². The van der Waals surface area contributed by atoms with Gasteiger partial charge in [0.1, 0.15) is 11.9 Å². The Labute approximate surface area is 200 Å². The van der Waals surface area contributed by atoms with Crippen molar-refractivity contribution >= 4 is 29.9 Å². The van der Waals surface area contributed by atoms with Crippen LogP contribution in [0.3, 0.4) is 0 Å². The van der Waals surface area contributed by atoms with Crippen molar-refractivity contribution in [1.29, 1.82) is 0 Å². The minimum absolute atomic E-state index is 0. The van der Waals surface area contributed by atoms with E-state index in [0.29, 0.717) is 19.8 Å². The fourth-order valence-corrected chi connectivity index (χ4v) is 4.36. The largest absolute Gasteiger partial charge is 0.381 e. The number of hydrogen-bond donors (Lipinski definition) is 1. The molecule has 170 valence electrons. The molecule has 0 amide bonds. The molecule has 3 heterocycles. The van der Waals surface area contributed by atoms with E-state index in [0.717, 1.165) is 49.6 Å². The summed E-state index contributed by atoms with van der Waals surface area (Å²) >= 11 is 0. The average molecular weight is 543 g/mol. The van der Waals surface area contributed by atoms with Crippen molar-refractivity contribution in [3.05, 3.63) is 53.6 Å². The van der Waals surface area contributed by atoms with Crippen LogP contribution in [0.15, 0.2) is 41.7 Å². The van der Waals surface area contributed by atoms with Gasteiger partial charge in [-0.15, -0.1) is 24.0 Å². The topological polar surface area (TPSA) is 63.9 Å². The van der Waals surface area contributed by atoms with E-state index in [4.69, 9.17) is 9.47 Å². The molecule has 2 aromatic rings. The van der Waals surface area contributed by atoms with Gasteiger partial charge < -0.3 is 19.7 Å². The molecule has 2 fully saturated rings. The van der Waals surface area contributed by atoms with Crippen molar-refractivity contribution in [2.45, 2.75) is 24.4 Å². The van der Waals surface area contributed by atoms with Crippen LogP contribution in [0.1, 0.15) is 30.1 Å². The first-order chi connectivity index (χ1) is 14.6. The second kappa shape index (κ2) is 10.7. The highest BCUT2D eigenvalue weighted by atomic mass is 127. The minimum atomic E-state index is -0.209. The third kappa shape index (κ3) is 5.56. The van der Waals surface area contributed by atoms with Gasteiger partial charge in [0.2, 0.25) is 0 Å². The summed E-state index contributed by atoms with van der Waals surface area (Å²) in [5.74, 6) is 0.652. The first-order valence-corrected chi connectivity index (χ1v) is 10.5. The van der Waals surface area contributed by atoms with Gasteiger partial charge in [-0.1, -0.05) is 12.1 Å². The van der Waals surface area contributed by atoms with E-state index in [-0.39, 0.29) is 41.3 Å². The molecule has 0 spiro atoms. The molecule has 7 nitrogen and oxygen atoms in total. The highest BCUT2D eigenvalue weighted by Gasteiger charge is 2.35. The molecule has 1 atom stereocenters. The lowest BCUT2D eigenvalue weighted by molar-refractivity contribution is -0.00835. The van der Waals surface area contributed by atoms with E-state index >= 15 is 0 Å². The molecular formula is C22H31FIN5O2. The normalized spacial score (nSPS) is 21.5. The number of benzene rings is 1. The zero-order valence-electron chi connectivity index (χ0n) is 18.1. The van der Waals surface area contributed by atoms with Crippen molar-refractivity contribution in [3.63, 3.8) is 0 Å². The van der Waals surface area contributed by atoms with E-state index in [2.05, 4.69) is 20.3 Å². The number of nitrogens with zero attached hydrogens (tertiary/aromatic N) is 4. The highest BCUT2D eigenvalue weighted by molar-refractivity contribution is 14.0. The number of morpholine rings is 1. The molecular weight excluding hydrogens is 512 g/mol. The number of rotatable bonds is 4. The zero-order valence-corrected chi connectivity index (χ0v) is 20.4. The zero-order chi connectivity index (χ0) is 21.0. The Morgan fingerprint density at radius 1 is 1.26 bits per heavy atom. The SMILES string of the molecule is CN=C(NCC1(c2ccc(F)cc2)CCOCC1)N1CCOC(c2cnn(C)c2)C1.I. The van der Waals surface area contributed by atoms with Gasteiger partial charge in [-0.2, -0.15) is 5.10 Å². The predicted octanol–water partition coefficient (Wildman–Crippen LogP) is 2.87. The summed E-state index contributed by atoms with van der Waals surface area (Å²) in [5, 5.41) is 7.85. The Morgan fingerprint density at radius 3 is 2.65 bits per heavy atom. The second-order valence-electron chi connectivity index (χ2n) is 8.05. The number of hydrogen-bond acceptors (Lipinski definition) is 4. The smallest absolute Gasteiger partial charge is 0.193 e. The van der Waals surface area contributed by atoms with Crippen molar-refractivity contribution in [2.75, 3.05) is 46.5 Å². The Bertz CT molecular complexity index is 867. The number of aromatic nitrogens is 2. The molecule has 1 N–H and O–H groups in total. The lowest BCUT2D eigenvalue weighted by atomic mass is 9.74. The fourth-order valence-electron chi connectivity index (χ4n) is 4.36. The maximum absolute atomic E-state index is 13.5. The molecule has 1 aromatic heterocycles. The van der Waals surface area contributed by atoms with Crippen molar-refractivity contribution < 1.29 is 13.9 Å². The van der Waals surface area contributed by atoms with Crippen molar-refractivity contribution in [2.24, 2.45) is 12.0 Å². The monoisotopic (exact) mass is 543 g/mol. The summed E-state index contributed by atoms with van der Waals surface area (Å²) in [7, 11) is 3.72. The Balaban J connectivity index is 0.00000272. The Morgan fingerprint density at radius 2 is 2.00 bits per heavy atom. The Hall–Kier alpha value is -1.72. The Kier molecular flexibility index (Phi) is 8.29. The summed E-state index contributed by atoms with van der Waals surface area (Å²) in [6.07, 6.45) is 5.61. The van der Waals surface area contributed by atoms with Crippen LogP contribution in [0.25, 0.3) is 0 Å². The molecule has 1 aromatic carbocycles. The summed E-state index contributed by atoms with van der Waals surface area (Å²) in [5.41, 5.74) is 2.12. The summed E-state index contributed by atoms with van der Waals surface area (Å²) in [6.45, 7) is 4.28. The standard InChI is InChI=1S/C22H30FN5O2.HI/c1-24-21(28-9-12-30-20(15-28)17-13-26-27(2)14-17)25-16-22(7-10-29-11-8-22)18-3-5-19(23)6-4-18;/h3-6,13-14,20H,7-12,15-16H2,1-2H3,(H,24,25);1H. The summed E-state index contributed by atoms with van der Waals surface area (Å²) in [4.78, 5) is 6.77. The van der Waals surface area contributed by atoms with E-state index < -0.39 is 0 Å². The second-order valence-corrected chi connectivity index (χ2v) is 8.05. The van der Waals surface area contributed by atoms with Crippen molar-refractivity contribution in [1.82, 2.24) is 20.0 Å². The van der Waals surface area contributed by atoms with Crippen molar-refractivity contribution in [3.8, 4) is 0 Å². The van der Waals surface area contributed by atoms with Crippen LogP contribution in [0.2, 0.25) is 0 Å². The fraction of sp³-hybridized carbons (Fsp3) is 0.545. The van der Waals surface area contributed by atoms with Gasteiger partial charge in [0.15, 0.2) is 5.96 Å². The predicted molar refractivity (Wildman–Crippen MR) is 128 cm³/mol. The van der Waals surface area contributed by atoms with Crippen LogP contribution in [0.4, 0.5) is 4.39 Å². The molecule has 4 rings (SSSR count). The van der Waals surface area contributed by atoms with E-state index in [1.165, 1.54) is 0 Å². The molecule has 9 heteroatoms. The third-order valence-electron chi connectivity index (χ3n) is 6.17. The summed E-state index contributed by atoms with van der Waals surface area (Å²) in [6, 6.07) is 6.89. The first kappa shape index (κ1) is 23.9. The molecule has 0 bridgehead atoms. The molecule has 2 aliphatic rings. The van der Waals surface area contributed by atoms with Gasteiger partial charge in [-0.25, -0.2) is 4.39 Å². The first-order valence-electron chi connectivity index (χ1n) is 10.5. The summed E-state index contributed by atoms with van der Waals surface area (Å²) < 4.78 is 26.9. The van der Waals surface area contributed by atoms with Crippen LogP contribution >= 0.6 is 24.0 Å². The van der Waals surface area contributed by atoms with E-state index in [9.17, 15) is 4.39 Å². The van der Waals surface area contributed by atoms with Crippen LogP contribution in [-0.4, -0.2) is 67.1 Å². The van der Waals surface area contributed by atoms with Crippen LogP contribution in [-0.2, 0) is 21.9 Å². The lowest BCUT2D eigenvalue weighted by Gasteiger charge is -2.40. The number of nitrogens with one attached hydrogen (secondary N) is 1. The van der Waals surface area contributed by atoms with Crippen LogP contribution < -0.4 is 5.32 Å². The number of aliphatic imine (C=N–C) groups is 1. The molecule has 1 unspecified atom stereocenters. The number of guanidine groups is 1. The average Bonchev–Trinajstić information content (AvgIpc) is 3.22. The molecule has 31 heavy (non-hydrogen) atoms. The quantitative estimate of drug-likeness (QED) is 0.365. The third-order valence-corrected chi connectivity index (χ3v) is 6.17. The molecule has 0 radical (unpaired) electrons. The minimum Gasteiger partial charge on any atom is -0.381 e. The molecule has 0 aliphatic carbocycles. The number of ether oxygens (including phenoxy) is 2.